The van der Waals surface area contributed by atoms with Gasteiger partial charge in [-0.3, -0.25) is 4.79 Å². The van der Waals surface area contributed by atoms with Crippen LogP contribution in [-0.4, -0.2) is 12.5 Å². The molecule has 0 radical (unpaired) electrons. The molecule has 16 heavy (non-hydrogen) atoms. The van der Waals surface area contributed by atoms with E-state index < -0.39 is 0 Å². The summed E-state index contributed by atoms with van der Waals surface area (Å²) in [4.78, 5) is 13.8. The van der Waals surface area contributed by atoms with E-state index in [0.29, 0.717) is 11.4 Å². The molecule has 0 aromatic heterocycles. The molecule has 1 aromatic rings. The summed E-state index contributed by atoms with van der Waals surface area (Å²) in [6, 6.07) is 5.55. The number of carbonyl (C=O) groups is 1. The standard InChI is InChI=1S/C12H13BrClNO/c13-10-8-9(14)5-6-11(10)15-7-3-1-2-4-12(15)16/h5-6,8H,1-4,7H2. The third-order valence-electron chi connectivity index (χ3n) is 2.77. The maximum Gasteiger partial charge on any atom is 0.227 e. The van der Waals surface area contributed by atoms with Gasteiger partial charge in [-0.15, -0.1) is 0 Å². The molecular weight excluding hydrogens is 289 g/mol. The molecule has 1 aliphatic heterocycles. The summed E-state index contributed by atoms with van der Waals surface area (Å²) in [5.41, 5.74) is 0.927. The van der Waals surface area contributed by atoms with Crippen molar-refractivity contribution < 1.29 is 4.79 Å². The largest absolute Gasteiger partial charge is 0.311 e. The van der Waals surface area contributed by atoms with Gasteiger partial charge in [0.05, 0.1) is 5.69 Å². The highest BCUT2D eigenvalue weighted by atomic mass is 79.9. The first-order chi connectivity index (χ1) is 7.68. The van der Waals surface area contributed by atoms with Crippen LogP contribution < -0.4 is 4.90 Å². The Hall–Kier alpha value is -0.540. The highest BCUT2D eigenvalue weighted by Crippen LogP contribution is 2.31. The van der Waals surface area contributed by atoms with Crippen LogP contribution in [0.1, 0.15) is 25.7 Å². The predicted octanol–water partition coefficient (Wildman–Crippen LogP) is 4.01. The molecule has 0 saturated carbocycles. The second-order valence-corrected chi connectivity index (χ2v) is 5.24. The van der Waals surface area contributed by atoms with E-state index in [9.17, 15) is 4.79 Å². The van der Waals surface area contributed by atoms with Gasteiger partial charge in [0.25, 0.3) is 0 Å². The van der Waals surface area contributed by atoms with Crippen LogP contribution in [0.25, 0.3) is 0 Å². The van der Waals surface area contributed by atoms with Crippen LogP contribution in [0, 0.1) is 0 Å². The number of hydrogen-bond donors (Lipinski definition) is 0. The first-order valence-corrected chi connectivity index (χ1v) is 6.61. The lowest BCUT2D eigenvalue weighted by Crippen LogP contribution is -2.30. The summed E-state index contributed by atoms with van der Waals surface area (Å²) in [6.07, 6.45) is 3.85. The monoisotopic (exact) mass is 301 g/mol. The summed E-state index contributed by atoms with van der Waals surface area (Å²) < 4.78 is 0.884. The molecule has 1 fully saturated rings. The first kappa shape index (κ1) is 11.9. The molecule has 1 heterocycles. The number of amides is 1. The normalized spacial score (nSPS) is 17.4. The summed E-state index contributed by atoms with van der Waals surface area (Å²) in [6.45, 7) is 0.805. The molecule has 86 valence electrons. The fraction of sp³-hybridized carbons (Fsp3) is 0.417. The van der Waals surface area contributed by atoms with E-state index in [-0.39, 0.29) is 5.91 Å². The van der Waals surface area contributed by atoms with Gasteiger partial charge in [-0.2, -0.15) is 0 Å². The van der Waals surface area contributed by atoms with Crippen molar-refractivity contribution >= 4 is 39.1 Å². The Bertz CT molecular complexity index is 408. The van der Waals surface area contributed by atoms with Crippen LogP contribution in [-0.2, 0) is 4.79 Å². The van der Waals surface area contributed by atoms with Gasteiger partial charge in [0.15, 0.2) is 0 Å². The minimum Gasteiger partial charge on any atom is -0.311 e. The van der Waals surface area contributed by atoms with Crippen molar-refractivity contribution in [3.63, 3.8) is 0 Å². The molecule has 1 amide bonds. The molecule has 0 unspecified atom stereocenters. The predicted molar refractivity (Wildman–Crippen MR) is 70.0 cm³/mol. The lowest BCUT2D eigenvalue weighted by Gasteiger charge is -2.22. The third-order valence-corrected chi connectivity index (χ3v) is 3.64. The van der Waals surface area contributed by atoms with Crippen LogP contribution in [0.15, 0.2) is 22.7 Å². The topological polar surface area (TPSA) is 20.3 Å². The minimum atomic E-state index is 0.209. The van der Waals surface area contributed by atoms with Gasteiger partial charge in [-0.25, -0.2) is 0 Å². The maximum absolute atomic E-state index is 11.9. The van der Waals surface area contributed by atoms with Crippen LogP contribution in [0.4, 0.5) is 5.69 Å². The van der Waals surface area contributed by atoms with Gasteiger partial charge in [-0.1, -0.05) is 18.0 Å². The fourth-order valence-corrected chi connectivity index (χ4v) is 2.83. The molecule has 1 aromatic carbocycles. The smallest absolute Gasteiger partial charge is 0.227 e. The van der Waals surface area contributed by atoms with Gasteiger partial charge in [-0.05, 0) is 47.0 Å². The number of nitrogens with zero attached hydrogens (tertiary/aromatic N) is 1. The third kappa shape index (κ3) is 2.58. The Morgan fingerprint density at radius 3 is 2.81 bits per heavy atom. The van der Waals surface area contributed by atoms with Crippen LogP contribution in [0.2, 0.25) is 5.02 Å². The van der Waals surface area contributed by atoms with Crippen molar-refractivity contribution in [2.24, 2.45) is 0 Å². The summed E-state index contributed by atoms with van der Waals surface area (Å²) in [5, 5.41) is 0.679. The molecule has 0 N–H and O–H groups in total. The van der Waals surface area contributed by atoms with Crippen molar-refractivity contribution in [2.45, 2.75) is 25.7 Å². The second kappa shape index (κ2) is 5.19. The van der Waals surface area contributed by atoms with E-state index >= 15 is 0 Å². The van der Waals surface area contributed by atoms with Crippen molar-refractivity contribution in [3.05, 3.63) is 27.7 Å². The van der Waals surface area contributed by atoms with Crippen molar-refractivity contribution in [3.8, 4) is 0 Å². The molecule has 2 nitrogen and oxygen atoms in total. The van der Waals surface area contributed by atoms with Gasteiger partial charge in [0, 0.05) is 22.5 Å². The minimum absolute atomic E-state index is 0.209. The zero-order chi connectivity index (χ0) is 11.5. The quantitative estimate of drug-likeness (QED) is 0.767. The SMILES string of the molecule is O=C1CCCCCN1c1ccc(Cl)cc1Br. The lowest BCUT2D eigenvalue weighted by atomic mass is 10.2. The Morgan fingerprint density at radius 2 is 2.06 bits per heavy atom. The number of hydrogen-bond acceptors (Lipinski definition) is 1. The molecule has 0 aliphatic carbocycles. The highest BCUT2D eigenvalue weighted by molar-refractivity contribution is 9.10. The average molecular weight is 303 g/mol. The van der Waals surface area contributed by atoms with Gasteiger partial charge in [0.1, 0.15) is 0 Å². The summed E-state index contributed by atoms with van der Waals surface area (Å²) in [7, 11) is 0. The fourth-order valence-electron chi connectivity index (χ4n) is 1.94. The Balaban J connectivity index is 2.30. The van der Waals surface area contributed by atoms with E-state index in [2.05, 4.69) is 15.9 Å². The molecule has 0 atom stereocenters. The van der Waals surface area contributed by atoms with Crippen LogP contribution >= 0.6 is 27.5 Å². The van der Waals surface area contributed by atoms with E-state index in [1.807, 2.05) is 23.1 Å². The molecular formula is C12H13BrClNO. The van der Waals surface area contributed by atoms with Gasteiger partial charge in [0.2, 0.25) is 5.91 Å². The molecule has 0 bridgehead atoms. The number of anilines is 1. The lowest BCUT2D eigenvalue weighted by molar-refractivity contribution is -0.118. The maximum atomic E-state index is 11.9. The zero-order valence-corrected chi connectivity index (χ0v) is 11.2. The van der Waals surface area contributed by atoms with Crippen molar-refractivity contribution in [1.82, 2.24) is 0 Å². The van der Waals surface area contributed by atoms with Gasteiger partial charge < -0.3 is 4.90 Å². The number of benzene rings is 1. The van der Waals surface area contributed by atoms with E-state index in [1.54, 1.807) is 0 Å². The summed E-state index contributed by atoms with van der Waals surface area (Å²) in [5.74, 6) is 0.209. The van der Waals surface area contributed by atoms with Crippen LogP contribution in [0.3, 0.4) is 0 Å². The Kier molecular flexibility index (Phi) is 3.87. The Labute approximate surface area is 109 Å². The van der Waals surface area contributed by atoms with Gasteiger partial charge >= 0.3 is 0 Å². The highest BCUT2D eigenvalue weighted by Gasteiger charge is 2.19. The van der Waals surface area contributed by atoms with Crippen LogP contribution in [0.5, 0.6) is 0 Å². The molecule has 4 heteroatoms. The van der Waals surface area contributed by atoms with Crippen molar-refractivity contribution in [2.75, 3.05) is 11.4 Å². The number of rotatable bonds is 1. The molecule has 1 aliphatic rings. The van der Waals surface area contributed by atoms with E-state index in [4.69, 9.17) is 11.6 Å². The molecule has 1 saturated heterocycles. The zero-order valence-electron chi connectivity index (χ0n) is 8.88. The molecule has 0 spiro atoms. The number of halogens is 2. The second-order valence-electron chi connectivity index (χ2n) is 3.95. The number of carbonyl (C=O) groups excluding carboxylic acids is 1. The Morgan fingerprint density at radius 1 is 1.25 bits per heavy atom. The average Bonchev–Trinajstić information content (AvgIpc) is 2.44. The van der Waals surface area contributed by atoms with E-state index in [1.165, 1.54) is 0 Å². The van der Waals surface area contributed by atoms with E-state index in [0.717, 1.165) is 36.0 Å². The first-order valence-electron chi connectivity index (χ1n) is 5.44. The molecule has 2 rings (SSSR count). The summed E-state index contributed by atoms with van der Waals surface area (Å²) >= 11 is 9.35. The van der Waals surface area contributed by atoms with Crippen molar-refractivity contribution in [1.29, 1.82) is 0 Å².